The Morgan fingerprint density at radius 1 is 0.812 bits per heavy atom. The van der Waals surface area contributed by atoms with E-state index in [1.807, 2.05) is 31.3 Å². The molecule has 0 aliphatic rings. The Balaban J connectivity index is 1.50. The Morgan fingerprint density at radius 2 is 1.41 bits per heavy atom. The van der Waals surface area contributed by atoms with Crippen molar-refractivity contribution in [3.05, 3.63) is 47.8 Å². The third-order valence-corrected chi connectivity index (χ3v) is 5.32. The molecule has 7 nitrogen and oxygen atoms in total. The van der Waals surface area contributed by atoms with Crippen LogP contribution in [0.15, 0.2) is 36.7 Å². The van der Waals surface area contributed by atoms with Crippen LogP contribution in [-0.2, 0) is 11.2 Å². The Bertz CT molecular complexity index is 841. The molecule has 0 saturated heterocycles. The van der Waals surface area contributed by atoms with Gasteiger partial charge in [0.2, 0.25) is 5.91 Å². The molecule has 0 spiro atoms. The molecule has 2 amide bonds. The van der Waals surface area contributed by atoms with Gasteiger partial charge in [-0.3, -0.25) is 14.8 Å². The molecule has 3 N–H and O–H groups in total. The minimum Gasteiger partial charge on any atom is -0.465 e. The molecule has 0 fully saturated rings. The molecule has 174 valence electrons. The van der Waals surface area contributed by atoms with Gasteiger partial charge in [-0.05, 0) is 68.0 Å². The van der Waals surface area contributed by atoms with Crippen LogP contribution in [0.25, 0.3) is 11.4 Å². The number of pyridine rings is 2. The van der Waals surface area contributed by atoms with E-state index in [1.54, 1.807) is 6.20 Å². The molecule has 0 atom stereocenters. The summed E-state index contributed by atoms with van der Waals surface area (Å²) >= 11 is 0. The highest BCUT2D eigenvalue weighted by molar-refractivity contribution is 5.75. The fourth-order valence-electron chi connectivity index (χ4n) is 3.54. The van der Waals surface area contributed by atoms with Crippen LogP contribution in [0.1, 0.15) is 68.9 Å². The second-order valence-electron chi connectivity index (χ2n) is 8.18. The average molecular weight is 441 g/mol. The molecule has 7 heteroatoms. The van der Waals surface area contributed by atoms with E-state index in [9.17, 15) is 9.59 Å². The molecular formula is C25H36N4O3. The van der Waals surface area contributed by atoms with Gasteiger partial charge in [0, 0.05) is 31.9 Å². The minimum absolute atomic E-state index is 0.116. The molecule has 2 rings (SSSR count). The fraction of sp³-hybridized carbons (Fsp3) is 0.520. The summed E-state index contributed by atoms with van der Waals surface area (Å²) in [5.74, 6) is 0.116. The predicted molar refractivity (Wildman–Crippen MR) is 126 cm³/mol. The van der Waals surface area contributed by atoms with E-state index in [-0.39, 0.29) is 5.91 Å². The Kier molecular flexibility index (Phi) is 11.8. The highest BCUT2D eigenvalue weighted by Crippen LogP contribution is 2.17. The van der Waals surface area contributed by atoms with Gasteiger partial charge in [0.1, 0.15) is 0 Å². The van der Waals surface area contributed by atoms with Crippen molar-refractivity contribution >= 4 is 12.0 Å². The van der Waals surface area contributed by atoms with E-state index in [4.69, 9.17) is 5.11 Å². The van der Waals surface area contributed by atoms with Gasteiger partial charge >= 0.3 is 6.09 Å². The molecule has 0 bridgehead atoms. The number of carboxylic acid groups (broad SMARTS) is 1. The number of carbonyl (C=O) groups is 2. The zero-order valence-corrected chi connectivity index (χ0v) is 19.1. The monoisotopic (exact) mass is 440 g/mol. The summed E-state index contributed by atoms with van der Waals surface area (Å²) in [5, 5.41) is 13.9. The van der Waals surface area contributed by atoms with Crippen molar-refractivity contribution in [2.45, 2.75) is 71.1 Å². The third kappa shape index (κ3) is 10.9. The lowest BCUT2D eigenvalue weighted by Crippen LogP contribution is -2.24. The highest BCUT2D eigenvalue weighted by atomic mass is 16.4. The fourth-order valence-corrected chi connectivity index (χ4v) is 3.54. The van der Waals surface area contributed by atoms with Crippen LogP contribution in [0.3, 0.4) is 0 Å². The van der Waals surface area contributed by atoms with Crippen LogP contribution in [0, 0.1) is 6.92 Å². The first-order valence-electron chi connectivity index (χ1n) is 11.7. The van der Waals surface area contributed by atoms with Crippen molar-refractivity contribution in [1.82, 2.24) is 20.6 Å². The standard InChI is InChI=1S/C25H36N4O3/c1-20-12-16-26-22(18-20)23-19-21(13-17-27-23)10-9-11-24(30)28-14-7-5-3-2-4-6-8-15-29-25(31)32/h12-13,16-19,29H,2-11,14-15H2,1H3,(H,28,30)(H,31,32). The maximum atomic E-state index is 12.1. The molecule has 0 aliphatic carbocycles. The summed E-state index contributed by atoms with van der Waals surface area (Å²) in [5.41, 5.74) is 4.07. The number of amides is 2. The van der Waals surface area contributed by atoms with Crippen LogP contribution in [0.5, 0.6) is 0 Å². The number of unbranched alkanes of at least 4 members (excludes halogenated alkanes) is 6. The molecule has 0 unspecified atom stereocenters. The number of aromatic nitrogens is 2. The summed E-state index contributed by atoms with van der Waals surface area (Å²) in [7, 11) is 0. The van der Waals surface area contributed by atoms with Gasteiger partial charge in [0.25, 0.3) is 0 Å². The molecule has 0 aromatic carbocycles. The van der Waals surface area contributed by atoms with Crippen LogP contribution >= 0.6 is 0 Å². The van der Waals surface area contributed by atoms with Gasteiger partial charge in [0.15, 0.2) is 0 Å². The maximum absolute atomic E-state index is 12.1. The summed E-state index contributed by atoms with van der Waals surface area (Å²) < 4.78 is 0. The first kappa shape index (κ1) is 25.3. The van der Waals surface area contributed by atoms with Gasteiger partial charge in [-0.2, -0.15) is 0 Å². The van der Waals surface area contributed by atoms with Gasteiger partial charge < -0.3 is 15.7 Å². The number of nitrogens with zero attached hydrogens (tertiary/aromatic N) is 2. The molecule has 2 heterocycles. The van der Waals surface area contributed by atoms with E-state index in [0.717, 1.165) is 81.3 Å². The first-order chi connectivity index (χ1) is 15.5. The Labute approximate surface area is 191 Å². The van der Waals surface area contributed by atoms with Crippen molar-refractivity contribution in [1.29, 1.82) is 0 Å². The number of nitrogens with one attached hydrogen (secondary N) is 2. The number of hydrogen-bond acceptors (Lipinski definition) is 4. The molecule has 0 radical (unpaired) electrons. The van der Waals surface area contributed by atoms with Crippen LogP contribution < -0.4 is 10.6 Å². The average Bonchev–Trinajstić information content (AvgIpc) is 2.77. The van der Waals surface area contributed by atoms with E-state index in [0.29, 0.717) is 13.0 Å². The number of carbonyl (C=O) groups excluding carboxylic acids is 1. The van der Waals surface area contributed by atoms with Crippen molar-refractivity contribution in [2.24, 2.45) is 0 Å². The van der Waals surface area contributed by atoms with Gasteiger partial charge in [-0.25, -0.2) is 4.79 Å². The quantitative estimate of drug-likeness (QED) is 0.342. The second-order valence-corrected chi connectivity index (χ2v) is 8.18. The molecule has 0 saturated carbocycles. The van der Waals surface area contributed by atoms with Crippen molar-refractivity contribution in [3.8, 4) is 11.4 Å². The second kappa shape index (κ2) is 14.9. The van der Waals surface area contributed by atoms with Gasteiger partial charge in [-0.15, -0.1) is 0 Å². The third-order valence-electron chi connectivity index (χ3n) is 5.32. The van der Waals surface area contributed by atoms with E-state index >= 15 is 0 Å². The molecule has 32 heavy (non-hydrogen) atoms. The minimum atomic E-state index is -0.950. The summed E-state index contributed by atoms with van der Waals surface area (Å²) in [6.07, 6.45) is 12.4. The van der Waals surface area contributed by atoms with Crippen LogP contribution in [0.2, 0.25) is 0 Å². The predicted octanol–water partition coefficient (Wildman–Crippen LogP) is 4.89. The maximum Gasteiger partial charge on any atom is 0.404 e. The largest absolute Gasteiger partial charge is 0.465 e. The first-order valence-corrected chi connectivity index (χ1v) is 11.7. The van der Waals surface area contributed by atoms with Gasteiger partial charge in [-0.1, -0.05) is 32.1 Å². The lowest BCUT2D eigenvalue weighted by molar-refractivity contribution is -0.121. The van der Waals surface area contributed by atoms with Crippen molar-refractivity contribution < 1.29 is 14.7 Å². The SMILES string of the molecule is Cc1ccnc(-c2cc(CCCC(=O)NCCCCCCCCCNC(=O)O)ccn2)c1. The Morgan fingerprint density at radius 3 is 2.06 bits per heavy atom. The zero-order valence-electron chi connectivity index (χ0n) is 19.1. The number of aryl methyl sites for hydroxylation is 2. The van der Waals surface area contributed by atoms with Crippen LogP contribution in [0.4, 0.5) is 4.79 Å². The summed E-state index contributed by atoms with van der Waals surface area (Å²) in [6.45, 7) is 3.31. The van der Waals surface area contributed by atoms with E-state index in [2.05, 4.69) is 26.7 Å². The lowest BCUT2D eigenvalue weighted by Gasteiger charge is -2.07. The van der Waals surface area contributed by atoms with E-state index < -0.39 is 6.09 Å². The molecule has 2 aromatic heterocycles. The molecule has 2 aromatic rings. The van der Waals surface area contributed by atoms with Gasteiger partial charge in [0.05, 0.1) is 11.4 Å². The Hall–Kier alpha value is -2.96. The highest BCUT2D eigenvalue weighted by Gasteiger charge is 2.05. The van der Waals surface area contributed by atoms with Crippen molar-refractivity contribution in [3.63, 3.8) is 0 Å². The molecular weight excluding hydrogens is 404 g/mol. The van der Waals surface area contributed by atoms with Crippen molar-refractivity contribution in [2.75, 3.05) is 13.1 Å². The van der Waals surface area contributed by atoms with Crippen LogP contribution in [-0.4, -0.2) is 40.2 Å². The van der Waals surface area contributed by atoms with E-state index in [1.165, 1.54) is 5.56 Å². The number of rotatable bonds is 15. The zero-order chi connectivity index (χ0) is 23.0. The lowest BCUT2D eigenvalue weighted by atomic mass is 10.1. The summed E-state index contributed by atoms with van der Waals surface area (Å²) in [6, 6.07) is 8.05. The summed E-state index contributed by atoms with van der Waals surface area (Å²) in [4.78, 5) is 31.2. The normalized spacial score (nSPS) is 10.7. The number of hydrogen-bond donors (Lipinski definition) is 3. The smallest absolute Gasteiger partial charge is 0.404 e. The topological polar surface area (TPSA) is 104 Å². The molecule has 0 aliphatic heterocycles.